The molecule has 4 nitrogen and oxygen atoms in total. The highest BCUT2D eigenvalue weighted by molar-refractivity contribution is 9.10. The van der Waals surface area contributed by atoms with Gasteiger partial charge in [0.2, 0.25) is 0 Å². The summed E-state index contributed by atoms with van der Waals surface area (Å²) in [5, 5.41) is 9.25. The summed E-state index contributed by atoms with van der Waals surface area (Å²) in [5.74, 6) is -1.98. The number of carbonyl (C=O) groups is 2. The third-order valence-corrected chi connectivity index (χ3v) is 4.15. The van der Waals surface area contributed by atoms with Gasteiger partial charge < -0.3 is 10.0 Å². The van der Waals surface area contributed by atoms with Gasteiger partial charge in [-0.3, -0.25) is 9.59 Å². The van der Waals surface area contributed by atoms with Crippen molar-refractivity contribution in [2.45, 2.75) is 19.8 Å². The number of benzene rings is 1. The Kier molecular flexibility index (Phi) is 4.13. The normalized spacial score (nSPS) is 22.6. The lowest BCUT2D eigenvalue weighted by Crippen LogP contribution is -2.48. The van der Waals surface area contributed by atoms with E-state index >= 15 is 0 Å². The number of halogens is 2. The van der Waals surface area contributed by atoms with Gasteiger partial charge in [-0.1, -0.05) is 15.9 Å². The van der Waals surface area contributed by atoms with Crippen molar-refractivity contribution in [3.63, 3.8) is 0 Å². The Hall–Kier alpha value is -1.43. The number of hydrogen-bond donors (Lipinski definition) is 1. The van der Waals surface area contributed by atoms with Crippen LogP contribution in [0.4, 0.5) is 4.39 Å². The van der Waals surface area contributed by atoms with Crippen LogP contribution in [0, 0.1) is 11.2 Å². The average Bonchev–Trinajstić information content (AvgIpc) is 2.40. The largest absolute Gasteiger partial charge is 0.481 e. The SMILES string of the molecule is CC1(C(=O)O)CCCN(C(=O)c2cc(Br)ccc2F)C1. The van der Waals surface area contributed by atoms with Gasteiger partial charge in [0, 0.05) is 17.6 Å². The van der Waals surface area contributed by atoms with E-state index in [-0.39, 0.29) is 12.1 Å². The monoisotopic (exact) mass is 343 g/mol. The van der Waals surface area contributed by atoms with Crippen LogP contribution < -0.4 is 0 Å². The summed E-state index contributed by atoms with van der Waals surface area (Å²) in [7, 11) is 0. The molecule has 1 N–H and O–H groups in total. The summed E-state index contributed by atoms with van der Waals surface area (Å²) in [6, 6.07) is 4.16. The van der Waals surface area contributed by atoms with Gasteiger partial charge in [0.1, 0.15) is 5.82 Å². The first-order chi connectivity index (χ1) is 9.33. The fraction of sp³-hybridized carbons (Fsp3) is 0.429. The lowest BCUT2D eigenvalue weighted by Gasteiger charge is -2.37. The quantitative estimate of drug-likeness (QED) is 0.898. The molecule has 1 aliphatic rings. The molecule has 1 atom stereocenters. The van der Waals surface area contributed by atoms with Gasteiger partial charge in [0.05, 0.1) is 11.0 Å². The van der Waals surface area contributed by atoms with Crippen molar-refractivity contribution in [2.24, 2.45) is 5.41 Å². The van der Waals surface area contributed by atoms with E-state index in [0.29, 0.717) is 23.9 Å². The molecule has 20 heavy (non-hydrogen) atoms. The molecule has 0 saturated carbocycles. The number of likely N-dealkylation sites (tertiary alicyclic amines) is 1. The number of rotatable bonds is 2. The highest BCUT2D eigenvalue weighted by Gasteiger charge is 2.39. The number of amides is 1. The van der Waals surface area contributed by atoms with Crippen molar-refractivity contribution in [3.05, 3.63) is 34.1 Å². The predicted octanol–water partition coefficient (Wildman–Crippen LogP) is 2.92. The number of carboxylic acid groups (broad SMARTS) is 1. The van der Waals surface area contributed by atoms with Gasteiger partial charge in [0.25, 0.3) is 5.91 Å². The summed E-state index contributed by atoms with van der Waals surface area (Å²) in [6.07, 6.45) is 1.12. The third kappa shape index (κ3) is 2.85. The van der Waals surface area contributed by atoms with Crippen molar-refractivity contribution in [1.29, 1.82) is 0 Å². The van der Waals surface area contributed by atoms with Crippen molar-refractivity contribution in [2.75, 3.05) is 13.1 Å². The number of hydrogen-bond acceptors (Lipinski definition) is 2. The molecular formula is C14H15BrFNO3. The minimum absolute atomic E-state index is 0.0333. The van der Waals surface area contributed by atoms with Crippen molar-refractivity contribution in [1.82, 2.24) is 4.90 Å². The second-order valence-corrected chi connectivity index (χ2v) is 6.24. The van der Waals surface area contributed by atoms with Crippen LogP contribution in [0.2, 0.25) is 0 Å². The Labute approximate surface area is 124 Å². The second-order valence-electron chi connectivity index (χ2n) is 5.32. The van der Waals surface area contributed by atoms with Crippen molar-refractivity contribution >= 4 is 27.8 Å². The highest BCUT2D eigenvalue weighted by atomic mass is 79.9. The van der Waals surface area contributed by atoms with Crippen LogP contribution in [0.5, 0.6) is 0 Å². The van der Waals surface area contributed by atoms with Gasteiger partial charge >= 0.3 is 5.97 Å². The van der Waals surface area contributed by atoms with Crippen LogP contribution in [0.15, 0.2) is 22.7 Å². The first-order valence-electron chi connectivity index (χ1n) is 6.31. The van der Waals surface area contributed by atoms with Crippen molar-refractivity contribution in [3.8, 4) is 0 Å². The Morgan fingerprint density at radius 2 is 2.15 bits per heavy atom. The third-order valence-electron chi connectivity index (χ3n) is 3.66. The molecule has 1 heterocycles. The molecule has 0 aromatic heterocycles. The molecule has 0 bridgehead atoms. The maximum atomic E-state index is 13.7. The smallest absolute Gasteiger partial charge is 0.311 e. The first-order valence-corrected chi connectivity index (χ1v) is 7.10. The summed E-state index contributed by atoms with van der Waals surface area (Å²) < 4.78 is 14.4. The van der Waals surface area contributed by atoms with E-state index in [2.05, 4.69) is 15.9 Å². The van der Waals surface area contributed by atoms with Gasteiger partial charge in [-0.15, -0.1) is 0 Å². The van der Waals surface area contributed by atoms with Crippen molar-refractivity contribution < 1.29 is 19.1 Å². The Morgan fingerprint density at radius 3 is 2.80 bits per heavy atom. The van der Waals surface area contributed by atoms with Gasteiger partial charge in [-0.05, 0) is 38.0 Å². The predicted molar refractivity (Wildman–Crippen MR) is 75.0 cm³/mol. The van der Waals surface area contributed by atoms with E-state index in [0.717, 1.165) is 0 Å². The van der Waals surface area contributed by atoms with E-state index < -0.39 is 23.1 Å². The molecular weight excluding hydrogens is 329 g/mol. The molecule has 0 aliphatic carbocycles. The number of carbonyl (C=O) groups excluding carboxylic acids is 1. The molecule has 1 fully saturated rings. The maximum Gasteiger partial charge on any atom is 0.311 e. The minimum Gasteiger partial charge on any atom is -0.481 e. The Morgan fingerprint density at radius 1 is 1.45 bits per heavy atom. The summed E-state index contributed by atoms with van der Waals surface area (Å²) in [6.45, 7) is 2.17. The van der Waals surface area contributed by atoms with Crippen LogP contribution >= 0.6 is 15.9 Å². The molecule has 1 aromatic carbocycles. The number of nitrogens with zero attached hydrogens (tertiary/aromatic N) is 1. The van der Waals surface area contributed by atoms with Gasteiger partial charge in [-0.25, -0.2) is 4.39 Å². The lowest BCUT2D eigenvalue weighted by molar-refractivity contribution is -0.150. The van der Waals surface area contributed by atoms with E-state index in [1.807, 2.05) is 0 Å². The molecule has 1 aromatic rings. The van der Waals surface area contributed by atoms with Gasteiger partial charge in [0.15, 0.2) is 0 Å². The van der Waals surface area contributed by atoms with Crippen LogP contribution in [0.3, 0.4) is 0 Å². The van der Waals surface area contributed by atoms with E-state index in [1.54, 1.807) is 6.92 Å². The lowest BCUT2D eigenvalue weighted by atomic mass is 9.82. The molecule has 108 valence electrons. The maximum absolute atomic E-state index is 13.7. The van der Waals surface area contributed by atoms with E-state index in [1.165, 1.54) is 23.1 Å². The number of aliphatic carboxylic acids is 1. The zero-order chi connectivity index (χ0) is 14.9. The molecule has 1 aliphatic heterocycles. The zero-order valence-corrected chi connectivity index (χ0v) is 12.6. The van der Waals surface area contributed by atoms with Crippen LogP contribution in [0.25, 0.3) is 0 Å². The highest BCUT2D eigenvalue weighted by Crippen LogP contribution is 2.31. The van der Waals surface area contributed by atoms with Crippen LogP contribution in [-0.2, 0) is 4.79 Å². The molecule has 0 spiro atoms. The Balaban J connectivity index is 2.25. The molecule has 1 amide bonds. The summed E-state index contributed by atoms with van der Waals surface area (Å²) >= 11 is 3.20. The van der Waals surface area contributed by atoms with E-state index in [9.17, 15) is 19.1 Å². The Bertz CT molecular complexity index is 563. The van der Waals surface area contributed by atoms with Gasteiger partial charge in [-0.2, -0.15) is 0 Å². The molecule has 1 unspecified atom stereocenters. The second kappa shape index (κ2) is 5.52. The summed E-state index contributed by atoms with van der Waals surface area (Å²) in [4.78, 5) is 25.1. The fourth-order valence-corrected chi connectivity index (χ4v) is 2.78. The summed E-state index contributed by atoms with van der Waals surface area (Å²) in [5.41, 5.74) is -0.995. The average molecular weight is 344 g/mol. The molecule has 2 rings (SSSR count). The minimum atomic E-state index is -0.962. The standard InChI is InChI=1S/C14H15BrFNO3/c1-14(13(19)20)5-2-6-17(8-14)12(18)10-7-9(15)3-4-11(10)16/h3-4,7H,2,5-6,8H2,1H3,(H,19,20). The topological polar surface area (TPSA) is 57.6 Å². The number of piperidine rings is 1. The van der Waals surface area contributed by atoms with Crippen LogP contribution in [-0.4, -0.2) is 35.0 Å². The molecule has 6 heteroatoms. The molecule has 1 saturated heterocycles. The molecule has 0 radical (unpaired) electrons. The number of carboxylic acids is 1. The van der Waals surface area contributed by atoms with E-state index in [4.69, 9.17) is 0 Å². The fourth-order valence-electron chi connectivity index (χ4n) is 2.42. The van der Waals surface area contributed by atoms with Crippen LogP contribution in [0.1, 0.15) is 30.1 Å². The zero-order valence-electron chi connectivity index (χ0n) is 11.0. The first kappa shape index (κ1) is 15.0.